The van der Waals surface area contributed by atoms with Crippen LogP contribution >= 0.6 is 11.6 Å². The van der Waals surface area contributed by atoms with Gasteiger partial charge in [0.05, 0.1) is 16.3 Å². The minimum atomic E-state index is -4.00. The zero-order chi connectivity index (χ0) is 23.6. The number of rotatable bonds is 6. The fourth-order valence-corrected chi connectivity index (χ4v) is 5.61. The number of amides is 1. The van der Waals surface area contributed by atoms with Gasteiger partial charge in [0.25, 0.3) is 15.9 Å². The molecule has 0 bridgehead atoms. The molecule has 1 aliphatic rings. The molecule has 9 heteroatoms. The fraction of sp³-hybridized carbons (Fsp3) is 0.167. The van der Waals surface area contributed by atoms with E-state index < -0.39 is 28.5 Å². The number of halogens is 1. The second-order valence-electron chi connectivity index (χ2n) is 7.47. The first-order valence-electron chi connectivity index (χ1n) is 10.2. The van der Waals surface area contributed by atoms with Gasteiger partial charge in [-0.25, -0.2) is 13.2 Å². The van der Waals surface area contributed by atoms with Gasteiger partial charge in [0.2, 0.25) is 0 Å². The van der Waals surface area contributed by atoms with Crippen molar-refractivity contribution < 1.29 is 22.7 Å². The Balaban J connectivity index is 1.51. The van der Waals surface area contributed by atoms with Crippen LogP contribution in [0, 0.1) is 0 Å². The van der Waals surface area contributed by atoms with E-state index in [-0.39, 0.29) is 22.0 Å². The quantitative estimate of drug-likeness (QED) is 0.495. The molecule has 0 spiro atoms. The summed E-state index contributed by atoms with van der Waals surface area (Å²) in [5.41, 5.74) is 2.16. The number of nitrogens with zero attached hydrogens (tertiary/aromatic N) is 2. The molecule has 33 heavy (non-hydrogen) atoms. The van der Waals surface area contributed by atoms with Gasteiger partial charge < -0.3 is 9.64 Å². The maximum atomic E-state index is 13.3. The Bertz CT molecular complexity index is 1310. The molecule has 0 aliphatic carbocycles. The van der Waals surface area contributed by atoms with Crippen LogP contribution in [0.25, 0.3) is 0 Å². The zero-order valence-electron chi connectivity index (χ0n) is 17.8. The van der Waals surface area contributed by atoms with Crippen molar-refractivity contribution in [2.45, 2.75) is 11.3 Å². The Morgan fingerprint density at radius 1 is 1.03 bits per heavy atom. The molecule has 170 valence electrons. The molecule has 4 rings (SSSR count). The third-order valence-electron chi connectivity index (χ3n) is 5.42. The highest BCUT2D eigenvalue weighted by Gasteiger charge is 2.32. The molecule has 1 amide bonds. The Morgan fingerprint density at radius 2 is 1.73 bits per heavy atom. The van der Waals surface area contributed by atoms with Crippen LogP contribution in [-0.2, 0) is 26.0 Å². The number of fused-ring (bicyclic) bond motifs is 1. The van der Waals surface area contributed by atoms with E-state index >= 15 is 0 Å². The lowest BCUT2D eigenvalue weighted by Crippen LogP contribution is -2.31. The Hall–Kier alpha value is -3.36. The van der Waals surface area contributed by atoms with Crippen LogP contribution in [0.15, 0.2) is 77.7 Å². The number of hydrogen-bond acceptors (Lipinski definition) is 5. The van der Waals surface area contributed by atoms with Crippen LogP contribution in [0.5, 0.6) is 0 Å². The highest BCUT2D eigenvalue weighted by Crippen LogP contribution is 2.35. The molecule has 1 heterocycles. The van der Waals surface area contributed by atoms with Crippen LogP contribution in [0.3, 0.4) is 0 Å². The third-order valence-corrected chi connectivity index (χ3v) is 7.72. The highest BCUT2D eigenvalue weighted by atomic mass is 35.5. The molecule has 7 nitrogen and oxygen atoms in total. The number of carbonyl (C=O) groups is 2. The van der Waals surface area contributed by atoms with E-state index in [0.29, 0.717) is 17.8 Å². The van der Waals surface area contributed by atoms with Crippen LogP contribution < -0.4 is 9.21 Å². The number of hydrogen-bond donors (Lipinski definition) is 0. The van der Waals surface area contributed by atoms with Gasteiger partial charge in [-0.1, -0.05) is 48.0 Å². The van der Waals surface area contributed by atoms with E-state index in [1.807, 2.05) is 18.2 Å². The highest BCUT2D eigenvalue weighted by molar-refractivity contribution is 7.93. The van der Waals surface area contributed by atoms with Gasteiger partial charge in [-0.3, -0.25) is 9.10 Å². The van der Waals surface area contributed by atoms with Gasteiger partial charge in [-0.15, -0.1) is 0 Å². The standard InChI is InChI=1S/C24H21ClN2O5S/c1-26(19-8-3-2-4-9-19)23(28)16-32-24(29)18-11-12-20(25)22(15-18)33(30,31)27-14-13-17-7-5-6-10-21(17)27/h2-12,15H,13-14,16H2,1H3. The van der Waals surface area contributed by atoms with E-state index in [0.717, 1.165) is 5.56 Å². The van der Waals surface area contributed by atoms with E-state index in [4.69, 9.17) is 16.3 Å². The number of ether oxygens (including phenoxy) is 1. The topological polar surface area (TPSA) is 84.0 Å². The molecule has 3 aromatic rings. The largest absolute Gasteiger partial charge is 0.452 e. The molecule has 0 radical (unpaired) electrons. The van der Waals surface area contributed by atoms with Crippen molar-refractivity contribution in [3.05, 3.63) is 88.9 Å². The minimum Gasteiger partial charge on any atom is -0.452 e. The molecule has 0 unspecified atom stereocenters. The molecule has 0 aromatic heterocycles. The second-order valence-corrected chi connectivity index (χ2v) is 9.70. The first kappa shape index (κ1) is 22.8. The van der Waals surface area contributed by atoms with E-state index in [2.05, 4.69) is 0 Å². The van der Waals surface area contributed by atoms with Crippen molar-refractivity contribution in [3.8, 4) is 0 Å². The summed E-state index contributed by atoms with van der Waals surface area (Å²) in [6.45, 7) is -0.207. The molecule has 1 aliphatic heterocycles. The van der Waals surface area contributed by atoms with Crippen molar-refractivity contribution in [2.24, 2.45) is 0 Å². The summed E-state index contributed by atoms with van der Waals surface area (Å²) in [5, 5.41) is -0.00387. The molecule has 0 atom stereocenters. The van der Waals surface area contributed by atoms with Gasteiger partial charge in [0, 0.05) is 19.3 Å². The second kappa shape index (κ2) is 9.25. The number of carbonyl (C=O) groups excluding carboxylic acids is 2. The Morgan fingerprint density at radius 3 is 2.48 bits per heavy atom. The maximum absolute atomic E-state index is 13.3. The number of anilines is 2. The SMILES string of the molecule is CN(C(=O)COC(=O)c1ccc(Cl)c(S(=O)(=O)N2CCc3ccccc32)c1)c1ccccc1. The van der Waals surface area contributed by atoms with Gasteiger partial charge in [-0.05, 0) is 48.4 Å². The summed E-state index contributed by atoms with van der Waals surface area (Å²) in [5.74, 6) is -1.25. The Labute approximate surface area is 197 Å². The molecular formula is C24H21ClN2O5S. The lowest BCUT2D eigenvalue weighted by molar-refractivity contribution is -0.121. The number of esters is 1. The first-order valence-corrected chi connectivity index (χ1v) is 12.0. The molecular weight excluding hydrogens is 464 g/mol. The third kappa shape index (κ3) is 4.58. The summed E-state index contributed by atoms with van der Waals surface area (Å²) in [6, 6.07) is 20.1. The van der Waals surface area contributed by atoms with Crippen LogP contribution in [0.1, 0.15) is 15.9 Å². The van der Waals surface area contributed by atoms with Gasteiger partial charge >= 0.3 is 5.97 Å². The molecule has 0 N–H and O–H groups in total. The Kier molecular flexibility index (Phi) is 6.40. The number of sulfonamides is 1. The predicted molar refractivity (Wildman–Crippen MR) is 126 cm³/mol. The monoisotopic (exact) mass is 484 g/mol. The van der Waals surface area contributed by atoms with Gasteiger partial charge in [0.1, 0.15) is 4.90 Å². The van der Waals surface area contributed by atoms with Crippen molar-refractivity contribution in [1.29, 1.82) is 0 Å². The van der Waals surface area contributed by atoms with Crippen LogP contribution in [0.2, 0.25) is 5.02 Å². The van der Waals surface area contributed by atoms with E-state index in [1.165, 1.54) is 27.4 Å². The number of likely N-dealkylation sites (N-methyl/N-ethyl adjacent to an activating group) is 1. The summed E-state index contributed by atoms with van der Waals surface area (Å²) in [7, 11) is -2.43. The van der Waals surface area contributed by atoms with Gasteiger partial charge in [0.15, 0.2) is 6.61 Å². The lowest BCUT2D eigenvalue weighted by atomic mass is 10.2. The average Bonchev–Trinajstić information content (AvgIpc) is 3.27. The van der Waals surface area contributed by atoms with Crippen LogP contribution in [-0.4, -0.2) is 40.5 Å². The van der Waals surface area contributed by atoms with E-state index in [9.17, 15) is 18.0 Å². The molecule has 0 fully saturated rings. The van der Waals surface area contributed by atoms with Crippen LogP contribution in [0.4, 0.5) is 11.4 Å². The summed E-state index contributed by atoms with van der Waals surface area (Å²) in [4.78, 5) is 26.1. The maximum Gasteiger partial charge on any atom is 0.338 e. The first-order chi connectivity index (χ1) is 15.8. The van der Waals surface area contributed by atoms with E-state index in [1.54, 1.807) is 43.4 Å². The lowest BCUT2D eigenvalue weighted by Gasteiger charge is -2.20. The summed E-state index contributed by atoms with van der Waals surface area (Å²) < 4.78 is 33.1. The summed E-state index contributed by atoms with van der Waals surface area (Å²) >= 11 is 6.21. The fourth-order valence-electron chi connectivity index (χ4n) is 3.61. The normalized spacial score (nSPS) is 12.8. The van der Waals surface area contributed by atoms with Crippen molar-refractivity contribution >= 4 is 44.9 Å². The van der Waals surface area contributed by atoms with Crippen molar-refractivity contribution in [1.82, 2.24) is 0 Å². The number of para-hydroxylation sites is 2. The molecule has 0 saturated heterocycles. The summed E-state index contributed by atoms with van der Waals surface area (Å²) in [6.07, 6.45) is 0.589. The zero-order valence-corrected chi connectivity index (χ0v) is 19.3. The smallest absolute Gasteiger partial charge is 0.338 e. The molecule has 3 aromatic carbocycles. The van der Waals surface area contributed by atoms with Crippen molar-refractivity contribution in [2.75, 3.05) is 29.4 Å². The van der Waals surface area contributed by atoms with Gasteiger partial charge in [-0.2, -0.15) is 0 Å². The van der Waals surface area contributed by atoms with Crippen molar-refractivity contribution in [3.63, 3.8) is 0 Å². The minimum absolute atomic E-state index is 0.00387. The number of benzene rings is 3. The predicted octanol–water partition coefficient (Wildman–Crippen LogP) is 3.91. The average molecular weight is 485 g/mol. The molecule has 0 saturated carbocycles.